The molecule has 166 valence electrons. The number of anilines is 1. The van der Waals surface area contributed by atoms with Crippen molar-refractivity contribution in [2.45, 2.75) is 26.7 Å². The Morgan fingerprint density at radius 1 is 1.23 bits per heavy atom. The van der Waals surface area contributed by atoms with Crippen LogP contribution in [0.5, 0.6) is 0 Å². The number of piperidine rings is 1. The topological polar surface area (TPSA) is 113 Å². The second kappa shape index (κ2) is 9.92. The molecule has 1 aromatic rings. The van der Waals surface area contributed by atoms with E-state index >= 15 is 0 Å². The monoisotopic (exact) mass is 439 g/mol. The number of hydrogen-bond donors (Lipinski definition) is 1. The first-order chi connectivity index (χ1) is 14.0. The van der Waals surface area contributed by atoms with Crippen LogP contribution in [0.4, 0.5) is 5.69 Å². The molecule has 2 rings (SSSR count). The van der Waals surface area contributed by atoms with Crippen LogP contribution in [0.15, 0.2) is 18.2 Å². The minimum atomic E-state index is -3.48. The summed E-state index contributed by atoms with van der Waals surface area (Å²) < 4.78 is 30.4. The van der Waals surface area contributed by atoms with E-state index in [2.05, 4.69) is 4.72 Å². The van der Waals surface area contributed by atoms with Crippen LogP contribution in [0.2, 0.25) is 0 Å². The summed E-state index contributed by atoms with van der Waals surface area (Å²) >= 11 is 0. The molecular formula is C20H29N3O6S. The fourth-order valence-electron chi connectivity index (χ4n) is 3.28. The van der Waals surface area contributed by atoms with Crippen LogP contribution in [0.3, 0.4) is 0 Å². The molecule has 1 saturated heterocycles. The Morgan fingerprint density at radius 2 is 1.87 bits per heavy atom. The Labute approximate surface area is 177 Å². The predicted molar refractivity (Wildman–Crippen MR) is 113 cm³/mol. The number of nitrogens with one attached hydrogen (secondary N) is 1. The molecule has 0 bridgehead atoms. The molecule has 0 spiro atoms. The second-order valence-electron chi connectivity index (χ2n) is 7.47. The lowest BCUT2D eigenvalue weighted by Crippen LogP contribution is -2.45. The van der Waals surface area contributed by atoms with Crippen molar-refractivity contribution < 1.29 is 27.5 Å². The maximum absolute atomic E-state index is 12.7. The van der Waals surface area contributed by atoms with E-state index < -0.39 is 10.0 Å². The Hall–Kier alpha value is -2.62. The fraction of sp³-hybridized carbons (Fsp3) is 0.550. The van der Waals surface area contributed by atoms with Crippen molar-refractivity contribution in [3.8, 4) is 0 Å². The summed E-state index contributed by atoms with van der Waals surface area (Å²) in [6.07, 6.45) is 2.12. The van der Waals surface area contributed by atoms with Crippen molar-refractivity contribution in [1.29, 1.82) is 0 Å². The minimum Gasteiger partial charge on any atom is -0.466 e. The van der Waals surface area contributed by atoms with E-state index in [0.29, 0.717) is 43.8 Å². The summed E-state index contributed by atoms with van der Waals surface area (Å²) in [5.41, 5.74) is 1.28. The van der Waals surface area contributed by atoms with Crippen molar-refractivity contribution in [2.75, 3.05) is 44.3 Å². The summed E-state index contributed by atoms with van der Waals surface area (Å²) in [5, 5.41) is 0. The zero-order valence-corrected chi connectivity index (χ0v) is 18.6. The number of rotatable bonds is 7. The van der Waals surface area contributed by atoms with Crippen LogP contribution >= 0.6 is 0 Å². The average molecular weight is 440 g/mol. The van der Waals surface area contributed by atoms with E-state index in [1.54, 1.807) is 30.9 Å². The van der Waals surface area contributed by atoms with Crippen LogP contribution in [0.25, 0.3) is 0 Å². The van der Waals surface area contributed by atoms with E-state index in [-0.39, 0.29) is 35.8 Å². The summed E-state index contributed by atoms with van der Waals surface area (Å²) in [5.74, 6) is -1.01. The van der Waals surface area contributed by atoms with Crippen LogP contribution in [-0.2, 0) is 24.3 Å². The zero-order chi connectivity index (χ0) is 22.5. The fourth-order valence-corrected chi connectivity index (χ4v) is 3.90. The molecule has 0 unspecified atom stereocenters. The largest absolute Gasteiger partial charge is 0.466 e. The molecule has 0 aliphatic carbocycles. The number of likely N-dealkylation sites (tertiary alicyclic amines) is 1. The molecule has 0 aromatic heterocycles. The number of likely N-dealkylation sites (N-methyl/N-ethyl adjacent to an activating group) is 1. The summed E-state index contributed by atoms with van der Waals surface area (Å²) in [6, 6.07) is 4.71. The molecule has 2 amide bonds. The second-order valence-corrected chi connectivity index (χ2v) is 9.22. The van der Waals surface area contributed by atoms with E-state index in [1.807, 2.05) is 0 Å². The molecule has 1 N–H and O–H groups in total. The quantitative estimate of drug-likeness (QED) is 0.640. The first kappa shape index (κ1) is 23.7. The Balaban J connectivity index is 1.97. The van der Waals surface area contributed by atoms with Gasteiger partial charge in [-0.15, -0.1) is 0 Å². The summed E-state index contributed by atoms with van der Waals surface area (Å²) in [6.45, 7) is 4.61. The van der Waals surface area contributed by atoms with E-state index in [9.17, 15) is 22.8 Å². The van der Waals surface area contributed by atoms with Crippen LogP contribution < -0.4 is 4.72 Å². The Bertz CT molecular complexity index is 907. The van der Waals surface area contributed by atoms with Gasteiger partial charge in [-0.3, -0.25) is 19.1 Å². The lowest BCUT2D eigenvalue weighted by atomic mass is 9.97. The molecule has 9 nitrogen and oxygen atoms in total. The van der Waals surface area contributed by atoms with Gasteiger partial charge in [-0.05, 0) is 44.4 Å². The predicted octanol–water partition coefficient (Wildman–Crippen LogP) is 1.24. The van der Waals surface area contributed by atoms with Crippen molar-refractivity contribution in [1.82, 2.24) is 9.80 Å². The molecule has 10 heteroatoms. The lowest BCUT2D eigenvalue weighted by Gasteiger charge is -2.32. The normalized spacial score (nSPS) is 14.9. The number of esters is 1. The van der Waals surface area contributed by atoms with Gasteiger partial charge in [0.1, 0.15) is 0 Å². The standard InChI is InChI=1S/C20H29N3O6S/c1-5-29-20(26)15-8-10-23(11-9-15)18(24)13-22(3)19(25)16-7-6-14(2)17(12-16)21-30(4,27)28/h6-7,12,15,21H,5,8-11,13H2,1-4H3. The van der Waals surface area contributed by atoms with Gasteiger partial charge in [0.25, 0.3) is 5.91 Å². The average Bonchev–Trinajstić information content (AvgIpc) is 2.68. The van der Waals surface area contributed by atoms with Gasteiger partial charge in [-0.25, -0.2) is 8.42 Å². The third-order valence-electron chi connectivity index (χ3n) is 4.97. The highest BCUT2D eigenvalue weighted by Crippen LogP contribution is 2.20. The number of carbonyl (C=O) groups excluding carboxylic acids is 3. The van der Waals surface area contributed by atoms with Crippen LogP contribution in [0.1, 0.15) is 35.7 Å². The highest BCUT2D eigenvalue weighted by atomic mass is 32.2. The Kier molecular flexibility index (Phi) is 7.83. The van der Waals surface area contributed by atoms with Gasteiger partial charge in [0.05, 0.1) is 31.0 Å². The van der Waals surface area contributed by atoms with Gasteiger partial charge < -0.3 is 14.5 Å². The number of nitrogens with zero attached hydrogens (tertiary/aromatic N) is 2. The van der Waals surface area contributed by atoms with Crippen molar-refractivity contribution >= 4 is 33.5 Å². The molecule has 1 aliphatic heterocycles. The third-order valence-corrected chi connectivity index (χ3v) is 5.56. The number of sulfonamides is 1. The van der Waals surface area contributed by atoms with Gasteiger partial charge in [0.2, 0.25) is 15.9 Å². The molecule has 1 aliphatic rings. The van der Waals surface area contributed by atoms with E-state index in [1.165, 1.54) is 18.0 Å². The summed E-state index contributed by atoms with van der Waals surface area (Å²) in [4.78, 5) is 40.1. The highest BCUT2D eigenvalue weighted by Gasteiger charge is 2.29. The van der Waals surface area contributed by atoms with Gasteiger partial charge in [0.15, 0.2) is 0 Å². The first-order valence-electron chi connectivity index (χ1n) is 9.80. The van der Waals surface area contributed by atoms with E-state index in [4.69, 9.17) is 4.74 Å². The van der Waals surface area contributed by atoms with Gasteiger partial charge in [-0.2, -0.15) is 0 Å². The van der Waals surface area contributed by atoms with Crippen molar-refractivity contribution in [3.05, 3.63) is 29.3 Å². The maximum atomic E-state index is 12.7. The number of carbonyl (C=O) groups is 3. The SMILES string of the molecule is CCOC(=O)C1CCN(C(=O)CN(C)C(=O)c2ccc(C)c(NS(C)(=O)=O)c2)CC1. The molecular weight excluding hydrogens is 410 g/mol. The van der Waals surface area contributed by atoms with Crippen molar-refractivity contribution in [3.63, 3.8) is 0 Å². The molecule has 1 heterocycles. The van der Waals surface area contributed by atoms with Gasteiger partial charge >= 0.3 is 5.97 Å². The molecule has 1 fully saturated rings. The summed E-state index contributed by atoms with van der Waals surface area (Å²) in [7, 11) is -1.96. The minimum absolute atomic E-state index is 0.106. The third kappa shape index (κ3) is 6.45. The molecule has 1 aromatic carbocycles. The molecule has 30 heavy (non-hydrogen) atoms. The number of benzene rings is 1. The molecule has 0 atom stereocenters. The first-order valence-corrected chi connectivity index (χ1v) is 11.7. The number of ether oxygens (including phenoxy) is 1. The smallest absolute Gasteiger partial charge is 0.309 e. The van der Waals surface area contributed by atoms with E-state index in [0.717, 1.165) is 6.26 Å². The zero-order valence-electron chi connectivity index (χ0n) is 17.8. The Morgan fingerprint density at radius 3 is 2.43 bits per heavy atom. The van der Waals surface area contributed by atoms with Crippen LogP contribution in [-0.4, -0.2) is 75.5 Å². The van der Waals surface area contributed by atoms with Gasteiger partial charge in [0, 0.05) is 25.7 Å². The lowest BCUT2D eigenvalue weighted by molar-refractivity contribution is -0.151. The molecule has 0 saturated carbocycles. The number of amides is 2. The number of hydrogen-bond acceptors (Lipinski definition) is 6. The van der Waals surface area contributed by atoms with Gasteiger partial charge in [-0.1, -0.05) is 6.07 Å². The molecule has 0 radical (unpaired) electrons. The van der Waals surface area contributed by atoms with Crippen molar-refractivity contribution in [2.24, 2.45) is 5.92 Å². The maximum Gasteiger partial charge on any atom is 0.309 e. The highest BCUT2D eigenvalue weighted by molar-refractivity contribution is 7.92. The number of aryl methyl sites for hydroxylation is 1. The van der Waals surface area contributed by atoms with Crippen LogP contribution in [0, 0.1) is 12.8 Å².